The Morgan fingerprint density at radius 3 is 2.81 bits per heavy atom. The van der Waals surface area contributed by atoms with Crippen molar-refractivity contribution in [1.82, 2.24) is 4.98 Å². The zero-order valence-electron chi connectivity index (χ0n) is 14.7. The molecule has 0 N–H and O–H groups in total. The third-order valence-corrected chi connectivity index (χ3v) is 5.06. The number of rotatable bonds is 6. The first-order valence-corrected chi connectivity index (χ1v) is 9.29. The fourth-order valence-corrected chi connectivity index (χ4v) is 3.35. The number of aryl methyl sites for hydroxylation is 1. The van der Waals surface area contributed by atoms with Crippen molar-refractivity contribution in [3.05, 3.63) is 64.8 Å². The van der Waals surface area contributed by atoms with Crippen molar-refractivity contribution >= 4 is 28.3 Å². The molecule has 4 rings (SSSR count). The number of hydrogen-bond donors (Lipinski definition) is 0. The number of Topliss-reactive ketones (excluding diaryl/α,β-unsaturated/α-hetero) is 1. The molecular formula is C22H20ClNO2. The van der Waals surface area contributed by atoms with E-state index in [1.807, 2.05) is 43.3 Å². The van der Waals surface area contributed by atoms with Crippen LogP contribution in [0.3, 0.4) is 0 Å². The highest BCUT2D eigenvalue weighted by molar-refractivity contribution is 6.31. The summed E-state index contributed by atoms with van der Waals surface area (Å²) in [6.45, 7) is 2.04. The minimum absolute atomic E-state index is 0.263. The van der Waals surface area contributed by atoms with Crippen molar-refractivity contribution in [2.75, 3.05) is 0 Å². The van der Waals surface area contributed by atoms with Gasteiger partial charge in [0.1, 0.15) is 17.3 Å². The number of halogens is 1. The highest BCUT2D eigenvalue weighted by atomic mass is 35.5. The Labute approximate surface area is 158 Å². The van der Waals surface area contributed by atoms with Gasteiger partial charge in [0.15, 0.2) is 0 Å². The summed E-state index contributed by atoms with van der Waals surface area (Å²) < 4.78 is 6.04. The van der Waals surface area contributed by atoms with Gasteiger partial charge < -0.3 is 4.74 Å². The van der Waals surface area contributed by atoms with Crippen LogP contribution in [0.25, 0.3) is 10.9 Å². The smallest absolute Gasteiger partial charge is 0.138 e. The Morgan fingerprint density at radius 2 is 2.04 bits per heavy atom. The molecule has 0 amide bonds. The normalized spacial score (nSPS) is 13.8. The van der Waals surface area contributed by atoms with Crippen LogP contribution < -0.4 is 4.74 Å². The lowest BCUT2D eigenvalue weighted by atomic mass is 10.0. The number of carbonyl (C=O) groups excluding carboxylic acids is 1. The van der Waals surface area contributed by atoms with Crippen LogP contribution in [-0.2, 0) is 11.2 Å². The Hall–Kier alpha value is -2.39. The van der Waals surface area contributed by atoms with E-state index >= 15 is 0 Å². The number of fused-ring (bicyclic) bond motifs is 1. The summed E-state index contributed by atoms with van der Waals surface area (Å²) in [5, 5.41) is 1.53. The summed E-state index contributed by atoms with van der Waals surface area (Å²) in [7, 11) is 0. The zero-order chi connectivity index (χ0) is 18.1. The maximum Gasteiger partial charge on any atom is 0.138 e. The lowest BCUT2D eigenvalue weighted by molar-refractivity contribution is -0.118. The second-order valence-corrected chi connectivity index (χ2v) is 7.46. The number of carbonyl (C=O) groups is 1. The summed E-state index contributed by atoms with van der Waals surface area (Å²) in [5.74, 6) is 2.26. The van der Waals surface area contributed by atoms with Gasteiger partial charge in [-0.25, -0.2) is 0 Å². The van der Waals surface area contributed by atoms with E-state index in [2.05, 4.69) is 4.98 Å². The van der Waals surface area contributed by atoms with E-state index in [9.17, 15) is 4.79 Å². The predicted molar refractivity (Wildman–Crippen MR) is 104 cm³/mol. The zero-order valence-corrected chi connectivity index (χ0v) is 15.4. The van der Waals surface area contributed by atoms with Gasteiger partial charge in [0.25, 0.3) is 0 Å². The summed E-state index contributed by atoms with van der Waals surface area (Å²) in [4.78, 5) is 16.5. The van der Waals surface area contributed by atoms with Crippen molar-refractivity contribution in [3.63, 3.8) is 0 Å². The molecule has 1 saturated carbocycles. The van der Waals surface area contributed by atoms with Crippen molar-refractivity contribution in [2.24, 2.45) is 5.92 Å². The fraction of sp³-hybridized carbons (Fsp3) is 0.273. The van der Waals surface area contributed by atoms with Gasteiger partial charge in [-0.3, -0.25) is 9.78 Å². The third kappa shape index (κ3) is 3.88. The first-order valence-electron chi connectivity index (χ1n) is 8.92. The maximum absolute atomic E-state index is 12.1. The first-order chi connectivity index (χ1) is 12.6. The van der Waals surface area contributed by atoms with E-state index < -0.39 is 0 Å². The number of benzene rings is 2. The van der Waals surface area contributed by atoms with Gasteiger partial charge in [-0.1, -0.05) is 23.7 Å². The minimum atomic E-state index is 0.263. The molecule has 0 spiro atoms. The van der Waals surface area contributed by atoms with Gasteiger partial charge in [0.2, 0.25) is 0 Å². The van der Waals surface area contributed by atoms with Crippen LogP contribution in [0.1, 0.15) is 30.4 Å². The summed E-state index contributed by atoms with van der Waals surface area (Å²) >= 11 is 6.39. The lowest BCUT2D eigenvalue weighted by Crippen LogP contribution is -2.04. The Balaban J connectivity index is 1.53. The summed E-state index contributed by atoms with van der Waals surface area (Å²) in [5.41, 5.74) is 2.92. The van der Waals surface area contributed by atoms with Crippen LogP contribution in [0, 0.1) is 12.8 Å². The first kappa shape index (κ1) is 17.0. The van der Waals surface area contributed by atoms with Crippen molar-refractivity contribution < 1.29 is 9.53 Å². The molecular weight excluding hydrogens is 346 g/mol. The SMILES string of the molecule is Cc1ccc2c(Oc3ccc(CC(=O)CC4CC4)c(Cl)c3)ccnc2c1. The Kier molecular flexibility index (Phi) is 4.64. The largest absolute Gasteiger partial charge is 0.457 e. The maximum atomic E-state index is 12.1. The van der Waals surface area contributed by atoms with Crippen LogP contribution in [-0.4, -0.2) is 10.8 Å². The highest BCUT2D eigenvalue weighted by Crippen LogP contribution is 2.34. The minimum Gasteiger partial charge on any atom is -0.457 e. The van der Waals surface area contributed by atoms with Crippen LogP contribution in [0.2, 0.25) is 5.02 Å². The molecule has 0 aliphatic heterocycles. The van der Waals surface area contributed by atoms with Gasteiger partial charge in [0.05, 0.1) is 5.52 Å². The van der Waals surface area contributed by atoms with E-state index in [0.29, 0.717) is 29.5 Å². The molecule has 1 aliphatic rings. The number of aromatic nitrogens is 1. The molecule has 132 valence electrons. The van der Waals surface area contributed by atoms with E-state index in [-0.39, 0.29) is 5.78 Å². The number of hydrogen-bond acceptors (Lipinski definition) is 3. The van der Waals surface area contributed by atoms with Gasteiger partial charge in [-0.05, 0) is 67.1 Å². The molecule has 1 aromatic heterocycles. The molecule has 0 radical (unpaired) electrons. The Morgan fingerprint density at radius 1 is 1.19 bits per heavy atom. The molecule has 0 bridgehead atoms. The van der Waals surface area contributed by atoms with Crippen molar-refractivity contribution in [2.45, 2.75) is 32.6 Å². The van der Waals surface area contributed by atoms with Gasteiger partial charge in [-0.2, -0.15) is 0 Å². The highest BCUT2D eigenvalue weighted by Gasteiger charge is 2.24. The third-order valence-electron chi connectivity index (χ3n) is 4.71. The van der Waals surface area contributed by atoms with Gasteiger partial charge >= 0.3 is 0 Å². The molecule has 0 saturated heterocycles. The second-order valence-electron chi connectivity index (χ2n) is 7.05. The average Bonchev–Trinajstić information content (AvgIpc) is 3.41. The lowest BCUT2D eigenvalue weighted by Gasteiger charge is -2.11. The van der Waals surface area contributed by atoms with Crippen molar-refractivity contribution in [1.29, 1.82) is 0 Å². The number of nitrogens with zero attached hydrogens (tertiary/aromatic N) is 1. The molecule has 26 heavy (non-hydrogen) atoms. The average molecular weight is 366 g/mol. The topological polar surface area (TPSA) is 39.2 Å². The molecule has 2 aromatic carbocycles. The molecule has 3 nitrogen and oxygen atoms in total. The standard InChI is InChI=1S/C22H20ClNO2/c1-14-2-7-19-21(10-14)24-9-8-22(19)26-18-6-5-16(20(23)13-18)12-17(25)11-15-3-4-15/h2,5-10,13,15H,3-4,11-12H2,1H3. The van der Waals surface area contributed by atoms with E-state index in [0.717, 1.165) is 27.8 Å². The number of ketones is 1. The second kappa shape index (κ2) is 7.08. The van der Waals surface area contributed by atoms with Crippen molar-refractivity contribution in [3.8, 4) is 11.5 Å². The quantitative estimate of drug-likeness (QED) is 0.545. The van der Waals surface area contributed by atoms with E-state index in [1.54, 1.807) is 12.3 Å². The van der Waals surface area contributed by atoms with E-state index in [1.165, 1.54) is 12.8 Å². The molecule has 0 unspecified atom stereocenters. The van der Waals surface area contributed by atoms with Crippen LogP contribution in [0.4, 0.5) is 0 Å². The molecule has 3 aromatic rings. The molecule has 0 atom stereocenters. The monoisotopic (exact) mass is 365 g/mol. The predicted octanol–water partition coefficient (Wildman–Crippen LogP) is 5.90. The number of ether oxygens (including phenoxy) is 1. The molecule has 4 heteroatoms. The van der Waals surface area contributed by atoms with Gasteiger partial charge in [-0.15, -0.1) is 0 Å². The van der Waals surface area contributed by atoms with E-state index in [4.69, 9.17) is 16.3 Å². The summed E-state index contributed by atoms with van der Waals surface area (Å²) in [6, 6.07) is 13.5. The molecule has 1 fully saturated rings. The fourth-order valence-electron chi connectivity index (χ4n) is 3.11. The van der Waals surface area contributed by atoms with Crippen LogP contribution >= 0.6 is 11.6 Å². The molecule has 1 aliphatic carbocycles. The van der Waals surface area contributed by atoms with Crippen LogP contribution in [0.5, 0.6) is 11.5 Å². The Bertz CT molecular complexity index is 979. The van der Waals surface area contributed by atoms with Gasteiger partial charge in [0, 0.05) is 29.4 Å². The molecule has 1 heterocycles. The number of pyridine rings is 1. The summed E-state index contributed by atoms with van der Waals surface area (Å²) in [6.07, 6.45) is 5.19. The van der Waals surface area contributed by atoms with Crippen LogP contribution in [0.15, 0.2) is 48.7 Å².